The molecule has 1 aliphatic carbocycles. The molecule has 0 amide bonds. The monoisotopic (exact) mass is 288 g/mol. The van der Waals surface area contributed by atoms with Gasteiger partial charge in [0.1, 0.15) is 5.84 Å². The Morgan fingerprint density at radius 3 is 2.53 bits per heavy atom. The fourth-order valence-corrected chi connectivity index (χ4v) is 2.43. The van der Waals surface area contributed by atoms with Crippen LogP contribution in [0.4, 0.5) is 5.69 Å². The number of rotatable bonds is 2. The molecule has 3 heteroatoms. The maximum atomic E-state index is 5.98. The standard InChI is InChI=1S/C14H13BrN2/c15-12-7-8-13(17-14(16)9-5-6-9)11-4-2-1-3-10(11)12/h1-4,7-9H,5-6H2,(H2,16,17). The minimum Gasteiger partial charge on any atom is -0.387 e. The van der Waals surface area contributed by atoms with Crippen molar-refractivity contribution in [3.05, 3.63) is 40.9 Å². The van der Waals surface area contributed by atoms with E-state index in [4.69, 9.17) is 5.73 Å². The van der Waals surface area contributed by atoms with Gasteiger partial charge in [-0.25, -0.2) is 4.99 Å². The van der Waals surface area contributed by atoms with Crippen molar-refractivity contribution >= 4 is 38.2 Å². The van der Waals surface area contributed by atoms with Crippen LogP contribution >= 0.6 is 15.9 Å². The second-order valence-electron chi connectivity index (χ2n) is 4.42. The van der Waals surface area contributed by atoms with Crippen molar-refractivity contribution in [2.75, 3.05) is 0 Å². The zero-order valence-electron chi connectivity index (χ0n) is 9.36. The van der Waals surface area contributed by atoms with Crippen molar-refractivity contribution in [2.45, 2.75) is 12.8 Å². The lowest BCUT2D eigenvalue weighted by Crippen LogP contribution is -2.13. The van der Waals surface area contributed by atoms with E-state index in [0.717, 1.165) is 21.4 Å². The number of benzene rings is 2. The van der Waals surface area contributed by atoms with Crippen LogP contribution < -0.4 is 5.73 Å². The van der Waals surface area contributed by atoms with Gasteiger partial charge in [-0.3, -0.25) is 0 Å². The summed E-state index contributed by atoms with van der Waals surface area (Å²) < 4.78 is 1.09. The molecule has 2 nitrogen and oxygen atoms in total. The molecule has 1 fully saturated rings. The Labute approximate surface area is 109 Å². The molecular weight excluding hydrogens is 276 g/mol. The van der Waals surface area contributed by atoms with Crippen LogP contribution in [-0.2, 0) is 0 Å². The highest BCUT2D eigenvalue weighted by atomic mass is 79.9. The van der Waals surface area contributed by atoms with Gasteiger partial charge < -0.3 is 5.73 Å². The normalized spacial score (nSPS) is 16.4. The maximum Gasteiger partial charge on any atom is 0.103 e. The molecule has 0 bridgehead atoms. The van der Waals surface area contributed by atoms with Crippen LogP contribution in [0.25, 0.3) is 10.8 Å². The summed E-state index contributed by atoms with van der Waals surface area (Å²) in [6, 6.07) is 12.3. The van der Waals surface area contributed by atoms with E-state index < -0.39 is 0 Å². The number of fused-ring (bicyclic) bond motifs is 1. The zero-order valence-corrected chi connectivity index (χ0v) is 10.9. The third kappa shape index (κ3) is 2.07. The minimum absolute atomic E-state index is 0.511. The third-order valence-electron chi connectivity index (χ3n) is 3.09. The number of amidine groups is 1. The molecule has 0 aromatic heterocycles. The molecule has 3 rings (SSSR count). The summed E-state index contributed by atoms with van der Waals surface area (Å²) in [5, 5.41) is 2.32. The van der Waals surface area contributed by atoms with Crippen molar-refractivity contribution in [3.8, 4) is 0 Å². The summed E-state index contributed by atoms with van der Waals surface area (Å²) in [5.41, 5.74) is 6.94. The Morgan fingerprint density at radius 1 is 1.12 bits per heavy atom. The van der Waals surface area contributed by atoms with Gasteiger partial charge in [0.05, 0.1) is 5.69 Å². The molecule has 2 aromatic rings. The largest absolute Gasteiger partial charge is 0.387 e. The molecule has 86 valence electrons. The predicted molar refractivity (Wildman–Crippen MR) is 75.7 cm³/mol. The molecular formula is C14H13BrN2. The molecule has 0 spiro atoms. The average Bonchev–Trinajstić information content (AvgIpc) is 3.17. The topological polar surface area (TPSA) is 38.4 Å². The van der Waals surface area contributed by atoms with Crippen LogP contribution in [0, 0.1) is 5.92 Å². The molecule has 0 heterocycles. The summed E-state index contributed by atoms with van der Waals surface area (Å²) in [6.45, 7) is 0. The van der Waals surface area contributed by atoms with Crippen LogP contribution in [0.1, 0.15) is 12.8 Å². The van der Waals surface area contributed by atoms with E-state index in [1.807, 2.05) is 24.3 Å². The Hall–Kier alpha value is -1.35. The first-order valence-electron chi connectivity index (χ1n) is 5.77. The zero-order chi connectivity index (χ0) is 11.8. The highest BCUT2D eigenvalue weighted by Gasteiger charge is 2.25. The molecule has 17 heavy (non-hydrogen) atoms. The van der Waals surface area contributed by atoms with Gasteiger partial charge in [0.25, 0.3) is 0 Å². The highest BCUT2D eigenvalue weighted by molar-refractivity contribution is 9.10. The SMILES string of the molecule is NC(=Nc1ccc(Br)c2ccccc12)C1CC1. The Kier molecular flexibility index (Phi) is 2.63. The smallest absolute Gasteiger partial charge is 0.103 e. The number of nitrogens with two attached hydrogens (primary N) is 1. The molecule has 2 N–H and O–H groups in total. The minimum atomic E-state index is 0.511. The van der Waals surface area contributed by atoms with Crippen molar-refractivity contribution in [1.82, 2.24) is 0 Å². The van der Waals surface area contributed by atoms with E-state index >= 15 is 0 Å². The van der Waals surface area contributed by atoms with Gasteiger partial charge in [-0.1, -0.05) is 40.2 Å². The molecule has 0 saturated heterocycles. The summed E-state index contributed by atoms with van der Waals surface area (Å²) >= 11 is 3.56. The first kappa shape index (κ1) is 10.8. The van der Waals surface area contributed by atoms with E-state index in [1.165, 1.54) is 18.2 Å². The molecule has 1 aliphatic rings. The second kappa shape index (κ2) is 4.15. The van der Waals surface area contributed by atoms with Crippen LogP contribution in [-0.4, -0.2) is 5.84 Å². The van der Waals surface area contributed by atoms with Crippen molar-refractivity contribution in [3.63, 3.8) is 0 Å². The molecule has 0 unspecified atom stereocenters. The third-order valence-corrected chi connectivity index (χ3v) is 3.78. The van der Waals surface area contributed by atoms with Gasteiger partial charge in [0, 0.05) is 15.8 Å². The van der Waals surface area contributed by atoms with E-state index in [1.54, 1.807) is 0 Å². The van der Waals surface area contributed by atoms with E-state index in [-0.39, 0.29) is 0 Å². The number of halogens is 1. The fraction of sp³-hybridized carbons (Fsp3) is 0.214. The van der Waals surface area contributed by atoms with E-state index in [2.05, 4.69) is 33.1 Å². The summed E-state index contributed by atoms with van der Waals surface area (Å²) in [7, 11) is 0. The lowest BCUT2D eigenvalue weighted by Gasteiger charge is -2.05. The molecule has 2 aromatic carbocycles. The summed E-state index contributed by atoms with van der Waals surface area (Å²) in [6.07, 6.45) is 2.37. The summed E-state index contributed by atoms with van der Waals surface area (Å²) in [4.78, 5) is 4.56. The molecule has 1 saturated carbocycles. The predicted octanol–water partition coefficient (Wildman–Crippen LogP) is 4.00. The van der Waals surface area contributed by atoms with Crippen LogP contribution in [0.5, 0.6) is 0 Å². The van der Waals surface area contributed by atoms with Gasteiger partial charge in [-0.15, -0.1) is 0 Å². The summed E-state index contributed by atoms with van der Waals surface area (Å²) in [5.74, 6) is 1.29. The average molecular weight is 289 g/mol. The highest BCUT2D eigenvalue weighted by Crippen LogP contribution is 2.34. The number of hydrogen-bond donors (Lipinski definition) is 1. The number of nitrogens with zero attached hydrogens (tertiary/aromatic N) is 1. The first-order chi connectivity index (χ1) is 8.25. The van der Waals surface area contributed by atoms with Gasteiger partial charge in [0.15, 0.2) is 0 Å². The quantitative estimate of drug-likeness (QED) is 0.658. The Balaban J connectivity index is 2.16. The lowest BCUT2D eigenvalue weighted by molar-refractivity contribution is 1.16. The lowest BCUT2D eigenvalue weighted by atomic mass is 10.1. The Bertz CT molecular complexity index is 600. The van der Waals surface area contributed by atoms with Crippen LogP contribution in [0.3, 0.4) is 0 Å². The Morgan fingerprint density at radius 2 is 1.82 bits per heavy atom. The van der Waals surface area contributed by atoms with Crippen molar-refractivity contribution < 1.29 is 0 Å². The first-order valence-corrected chi connectivity index (χ1v) is 6.56. The van der Waals surface area contributed by atoms with Crippen molar-refractivity contribution in [1.29, 1.82) is 0 Å². The van der Waals surface area contributed by atoms with Gasteiger partial charge >= 0.3 is 0 Å². The maximum absolute atomic E-state index is 5.98. The van der Waals surface area contributed by atoms with Gasteiger partial charge in [0.2, 0.25) is 0 Å². The van der Waals surface area contributed by atoms with Crippen LogP contribution in [0.15, 0.2) is 45.9 Å². The van der Waals surface area contributed by atoms with Gasteiger partial charge in [-0.2, -0.15) is 0 Å². The van der Waals surface area contributed by atoms with Crippen LogP contribution in [0.2, 0.25) is 0 Å². The van der Waals surface area contributed by atoms with E-state index in [0.29, 0.717) is 5.92 Å². The molecule has 0 aliphatic heterocycles. The second-order valence-corrected chi connectivity index (χ2v) is 5.28. The molecule has 0 radical (unpaired) electrons. The van der Waals surface area contributed by atoms with Gasteiger partial charge in [-0.05, 0) is 30.4 Å². The fourth-order valence-electron chi connectivity index (χ4n) is 1.95. The van der Waals surface area contributed by atoms with Crippen molar-refractivity contribution in [2.24, 2.45) is 16.6 Å². The number of aliphatic imine (C=N–C) groups is 1. The number of hydrogen-bond acceptors (Lipinski definition) is 1. The molecule has 0 atom stereocenters. The van der Waals surface area contributed by atoms with E-state index in [9.17, 15) is 0 Å².